The van der Waals surface area contributed by atoms with Gasteiger partial charge in [0.15, 0.2) is 0 Å². The number of hydrogen-bond acceptors (Lipinski definition) is 4. The fourth-order valence-electron chi connectivity index (χ4n) is 3.46. The van der Waals surface area contributed by atoms with Crippen LogP contribution in [0.15, 0.2) is 41.8 Å². The van der Waals surface area contributed by atoms with Crippen molar-refractivity contribution in [3.05, 3.63) is 52.2 Å². The van der Waals surface area contributed by atoms with E-state index >= 15 is 0 Å². The van der Waals surface area contributed by atoms with Gasteiger partial charge in [-0.05, 0) is 62.4 Å². The van der Waals surface area contributed by atoms with Crippen LogP contribution in [0.4, 0.5) is 5.69 Å². The van der Waals surface area contributed by atoms with E-state index in [1.807, 2.05) is 23.1 Å². The molecule has 0 spiro atoms. The van der Waals surface area contributed by atoms with Crippen LogP contribution < -0.4 is 10.2 Å². The third-order valence-electron chi connectivity index (χ3n) is 5.09. The number of nitrogens with one attached hydrogen (secondary N) is 1. The van der Waals surface area contributed by atoms with Crippen LogP contribution in [0.5, 0.6) is 0 Å². The second-order valence-electron chi connectivity index (χ2n) is 6.94. The lowest BCUT2D eigenvalue weighted by Crippen LogP contribution is -2.44. The van der Waals surface area contributed by atoms with Crippen LogP contribution in [0, 0.1) is 6.92 Å². The van der Waals surface area contributed by atoms with Crippen molar-refractivity contribution in [2.45, 2.75) is 39.3 Å². The molecule has 1 aromatic heterocycles. The van der Waals surface area contributed by atoms with Gasteiger partial charge in [-0.25, -0.2) is 0 Å². The molecule has 0 bridgehead atoms. The van der Waals surface area contributed by atoms with Crippen LogP contribution in [0.25, 0.3) is 0 Å². The average molecular weight is 372 g/mol. The highest BCUT2D eigenvalue weighted by Gasteiger charge is 2.22. The van der Waals surface area contributed by atoms with E-state index in [0.29, 0.717) is 19.1 Å². The number of para-hydroxylation sites is 1. The van der Waals surface area contributed by atoms with E-state index in [2.05, 4.69) is 47.6 Å². The maximum Gasteiger partial charge on any atom is 0.242 e. The summed E-state index contributed by atoms with van der Waals surface area (Å²) in [6, 6.07) is 12.9. The number of carbonyl (C=O) groups excluding carboxylic acids is 1. The molecule has 26 heavy (non-hydrogen) atoms. The first-order chi connectivity index (χ1) is 12.7. The fourth-order valence-corrected chi connectivity index (χ4v) is 4.38. The predicted octanol–water partition coefficient (Wildman–Crippen LogP) is 3.66. The lowest BCUT2D eigenvalue weighted by atomic mass is 10.2. The first kappa shape index (κ1) is 18.9. The average Bonchev–Trinajstić information content (AvgIpc) is 3.31. The summed E-state index contributed by atoms with van der Waals surface area (Å²) in [6.07, 6.45) is 2.41. The molecule has 1 aromatic carbocycles. The summed E-state index contributed by atoms with van der Waals surface area (Å²) in [5.41, 5.74) is 2.40. The van der Waals surface area contributed by atoms with Gasteiger partial charge in [0, 0.05) is 29.7 Å². The van der Waals surface area contributed by atoms with Crippen molar-refractivity contribution in [3.8, 4) is 0 Å². The van der Waals surface area contributed by atoms with Crippen molar-refractivity contribution in [2.75, 3.05) is 31.1 Å². The molecule has 0 saturated carbocycles. The zero-order chi connectivity index (χ0) is 18.4. The smallest absolute Gasteiger partial charge is 0.242 e. The summed E-state index contributed by atoms with van der Waals surface area (Å²) >= 11 is 1.73. The van der Waals surface area contributed by atoms with Gasteiger partial charge in [0.2, 0.25) is 5.91 Å². The Kier molecular flexibility index (Phi) is 6.69. The monoisotopic (exact) mass is 371 g/mol. The highest BCUT2D eigenvalue weighted by molar-refractivity contribution is 7.10. The number of rotatable bonds is 8. The maximum atomic E-state index is 13.0. The van der Waals surface area contributed by atoms with Crippen LogP contribution in [0.3, 0.4) is 0 Å². The Labute approximate surface area is 160 Å². The summed E-state index contributed by atoms with van der Waals surface area (Å²) in [5.74, 6) is 0.196. The van der Waals surface area contributed by atoms with E-state index in [-0.39, 0.29) is 5.91 Å². The summed E-state index contributed by atoms with van der Waals surface area (Å²) in [5, 5.41) is 5.65. The van der Waals surface area contributed by atoms with E-state index in [1.165, 1.54) is 23.3 Å². The predicted molar refractivity (Wildman–Crippen MR) is 110 cm³/mol. The van der Waals surface area contributed by atoms with Crippen LogP contribution in [-0.2, 0) is 11.3 Å². The van der Waals surface area contributed by atoms with Gasteiger partial charge in [0.25, 0.3) is 0 Å². The van der Waals surface area contributed by atoms with Crippen molar-refractivity contribution in [2.24, 2.45) is 0 Å². The van der Waals surface area contributed by atoms with Gasteiger partial charge in [0.05, 0.1) is 13.1 Å². The van der Waals surface area contributed by atoms with Crippen LogP contribution in [0.2, 0.25) is 0 Å². The standard InChI is InChI=1S/C21H29N3OS/c1-3-23(15-20-17(2)11-13-26-20)21(25)16-24(14-18-8-7-12-22-18)19-9-5-4-6-10-19/h4-6,9-11,13,18,22H,3,7-8,12,14-16H2,1-2H3. The summed E-state index contributed by atoms with van der Waals surface area (Å²) in [7, 11) is 0. The Balaban J connectivity index is 1.69. The number of thiophene rings is 1. The molecule has 1 aliphatic rings. The van der Waals surface area contributed by atoms with Gasteiger partial charge < -0.3 is 15.1 Å². The van der Waals surface area contributed by atoms with Crippen molar-refractivity contribution >= 4 is 22.9 Å². The number of likely N-dealkylation sites (N-methyl/N-ethyl adjacent to an activating group) is 1. The third kappa shape index (κ3) is 4.86. The molecule has 1 aliphatic heterocycles. The Morgan fingerprint density at radius 3 is 2.69 bits per heavy atom. The lowest BCUT2D eigenvalue weighted by Gasteiger charge is -2.30. The molecule has 1 amide bonds. The minimum Gasteiger partial charge on any atom is -0.361 e. The largest absolute Gasteiger partial charge is 0.361 e. The van der Waals surface area contributed by atoms with Crippen molar-refractivity contribution in [1.29, 1.82) is 0 Å². The van der Waals surface area contributed by atoms with Crippen molar-refractivity contribution < 1.29 is 4.79 Å². The second kappa shape index (κ2) is 9.19. The van der Waals surface area contributed by atoms with E-state index in [4.69, 9.17) is 0 Å². The van der Waals surface area contributed by atoms with Gasteiger partial charge in [-0.2, -0.15) is 0 Å². The summed E-state index contributed by atoms with van der Waals surface area (Å²) in [4.78, 5) is 18.5. The van der Waals surface area contributed by atoms with Gasteiger partial charge in [-0.1, -0.05) is 18.2 Å². The molecule has 1 fully saturated rings. The molecule has 140 valence electrons. The fraction of sp³-hybridized carbons (Fsp3) is 0.476. The normalized spacial score (nSPS) is 16.6. The molecule has 1 atom stereocenters. The van der Waals surface area contributed by atoms with Gasteiger partial charge in [-0.3, -0.25) is 4.79 Å². The molecule has 1 unspecified atom stereocenters. The molecule has 2 aromatic rings. The number of aryl methyl sites for hydroxylation is 1. The Morgan fingerprint density at radius 1 is 1.27 bits per heavy atom. The number of anilines is 1. The summed E-state index contributed by atoms with van der Waals surface area (Å²) in [6.45, 7) is 8.02. The lowest BCUT2D eigenvalue weighted by molar-refractivity contribution is -0.130. The number of amides is 1. The molecule has 3 rings (SSSR count). The highest BCUT2D eigenvalue weighted by Crippen LogP contribution is 2.20. The first-order valence-electron chi connectivity index (χ1n) is 9.51. The molecular weight excluding hydrogens is 342 g/mol. The van der Waals surface area contributed by atoms with Crippen LogP contribution in [0.1, 0.15) is 30.2 Å². The molecule has 5 heteroatoms. The molecule has 0 aliphatic carbocycles. The topological polar surface area (TPSA) is 35.6 Å². The van der Waals surface area contributed by atoms with Crippen LogP contribution in [-0.4, -0.2) is 43.0 Å². The Hall–Kier alpha value is -1.85. The van der Waals surface area contributed by atoms with E-state index < -0.39 is 0 Å². The number of nitrogens with zero attached hydrogens (tertiary/aromatic N) is 2. The highest BCUT2D eigenvalue weighted by atomic mass is 32.1. The number of hydrogen-bond donors (Lipinski definition) is 1. The zero-order valence-electron chi connectivity index (χ0n) is 15.8. The first-order valence-corrected chi connectivity index (χ1v) is 10.4. The molecule has 1 N–H and O–H groups in total. The van der Waals surface area contributed by atoms with Gasteiger partial charge in [0.1, 0.15) is 0 Å². The minimum atomic E-state index is 0.196. The second-order valence-corrected chi connectivity index (χ2v) is 7.94. The quantitative estimate of drug-likeness (QED) is 0.769. The molecule has 1 saturated heterocycles. The minimum absolute atomic E-state index is 0.196. The maximum absolute atomic E-state index is 13.0. The van der Waals surface area contributed by atoms with Crippen molar-refractivity contribution in [1.82, 2.24) is 10.2 Å². The number of benzene rings is 1. The number of carbonyl (C=O) groups is 1. The van der Waals surface area contributed by atoms with Crippen LogP contribution >= 0.6 is 11.3 Å². The summed E-state index contributed by atoms with van der Waals surface area (Å²) < 4.78 is 0. The van der Waals surface area contributed by atoms with Gasteiger partial charge >= 0.3 is 0 Å². The van der Waals surface area contributed by atoms with Crippen molar-refractivity contribution in [3.63, 3.8) is 0 Å². The molecule has 4 nitrogen and oxygen atoms in total. The van der Waals surface area contributed by atoms with E-state index in [1.54, 1.807) is 11.3 Å². The molecule has 2 heterocycles. The zero-order valence-corrected chi connectivity index (χ0v) is 16.6. The molecule has 0 radical (unpaired) electrons. The Morgan fingerprint density at radius 2 is 2.08 bits per heavy atom. The van der Waals surface area contributed by atoms with Gasteiger partial charge in [-0.15, -0.1) is 11.3 Å². The Bertz CT molecular complexity index is 694. The third-order valence-corrected chi connectivity index (χ3v) is 6.10. The molecular formula is C21H29N3OS. The van der Waals surface area contributed by atoms with E-state index in [0.717, 1.165) is 25.3 Å². The van der Waals surface area contributed by atoms with E-state index in [9.17, 15) is 4.79 Å². The SMILES string of the molecule is CCN(Cc1sccc1C)C(=O)CN(CC1CCCN1)c1ccccc1.